The van der Waals surface area contributed by atoms with Gasteiger partial charge in [0.1, 0.15) is 5.70 Å². The van der Waals surface area contributed by atoms with E-state index in [2.05, 4.69) is 30.7 Å². The number of nitrogens with one attached hydrogen (secondary N) is 1. The van der Waals surface area contributed by atoms with E-state index in [0.717, 1.165) is 7.11 Å². The first kappa shape index (κ1) is 19.1. The highest BCUT2D eigenvalue weighted by atomic mass is 79.9. The largest absolute Gasteiger partial charge is 0.466 e. The van der Waals surface area contributed by atoms with E-state index in [1.807, 2.05) is 0 Å². The van der Waals surface area contributed by atoms with Crippen molar-refractivity contribution in [1.29, 1.82) is 0 Å². The number of β-amino-alcohol motifs (C(OH)–C–C–N with tert-alkyl or cyclic N) is 1. The summed E-state index contributed by atoms with van der Waals surface area (Å²) >= 11 is 3.15. The Morgan fingerprint density at radius 2 is 2.20 bits per heavy atom. The fraction of sp³-hybridized carbons (Fsp3) is 0.333. The molecule has 10 heteroatoms. The van der Waals surface area contributed by atoms with Gasteiger partial charge >= 0.3 is 12.6 Å². The van der Waals surface area contributed by atoms with Crippen molar-refractivity contribution < 1.29 is 33.0 Å². The van der Waals surface area contributed by atoms with Crippen LogP contribution in [0.15, 0.2) is 33.9 Å². The lowest BCUT2D eigenvalue weighted by Crippen LogP contribution is -2.31. The number of aliphatic hydroxyl groups is 1. The van der Waals surface area contributed by atoms with Crippen LogP contribution in [0.5, 0.6) is 5.75 Å². The first-order valence-corrected chi connectivity index (χ1v) is 7.89. The molecular formula is C15H15BrF2N2O5. The van der Waals surface area contributed by atoms with Gasteiger partial charge in [0.25, 0.3) is 5.91 Å². The number of halogens is 3. The quantitative estimate of drug-likeness (QED) is 0.653. The SMILES string of the molecule is COC(=O)C1=C(Nc2ccc(Br)cc2OC(F)F)C(=O)N(CCO)C1. The lowest BCUT2D eigenvalue weighted by molar-refractivity contribution is -0.136. The summed E-state index contributed by atoms with van der Waals surface area (Å²) in [5.41, 5.74) is 0.00714. The Morgan fingerprint density at radius 3 is 2.80 bits per heavy atom. The van der Waals surface area contributed by atoms with Gasteiger partial charge in [-0.2, -0.15) is 8.78 Å². The smallest absolute Gasteiger partial charge is 0.387 e. The molecule has 1 aliphatic heterocycles. The zero-order chi connectivity index (χ0) is 18.6. The van der Waals surface area contributed by atoms with Crippen molar-refractivity contribution in [1.82, 2.24) is 4.90 Å². The van der Waals surface area contributed by atoms with Crippen molar-refractivity contribution in [3.63, 3.8) is 0 Å². The second-order valence-electron chi connectivity index (χ2n) is 4.94. The number of hydrogen-bond acceptors (Lipinski definition) is 6. The maximum Gasteiger partial charge on any atom is 0.387 e. The predicted molar refractivity (Wildman–Crippen MR) is 87.1 cm³/mol. The second-order valence-corrected chi connectivity index (χ2v) is 5.86. The topological polar surface area (TPSA) is 88.1 Å². The summed E-state index contributed by atoms with van der Waals surface area (Å²) in [6.07, 6.45) is 0. The highest BCUT2D eigenvalue weighted by Crippen LogP contribution is 2.32. The zero-order valence-electron chi connectivity index (χ0n) is 13.1. The lowest BCUT2D eigenvalue weighted by Gasteiger charge is -2.16. The van der Waals surface area contributed by atoms with Gasteiger partial charge in [0, 0.05) is 11.0 Å². The Kier molecular flexibility index (Phi) is 6.32. The molecule has 0 spiro atoms. The second kappa shape index (κ2) is 8.26. The number of benzene rings is 1. The minimum absolute atomic E-state index is 0.0191. The molecule has 0 aliphatic carbocycles. The van der Waals surface area contributed by atoms with E-state index in [-0.39, 0.29) is 42.4 Å². The van der Waals surface area contributed by atoms with Gasteiger partial charge in [0.15, 0.2) is 5.75 Å². The third-order valence-corrected chi connectivity index (χ3v) is 3.87. The molecule has 0 saturated carbocycles. The molecule has 0 radical (unpaired) electrons. The average molecular weight is 421 g/mol. The van der Waals surface area contributed by atoms with Crippen LogP contribution >= 0.6 is 15.9 Å². The Hall–Kier alpha value is -2.20. The highest BCUT2D eigenvalue weighted by molar-refractivity contribution is 9.10. The number of ether oxygens (including phenoxy) is 2. The van der Waals surface area contributed by atoms with E-state index in [4.69, 9.17) is 5.11 Å². The number of amides is 1. The van der Waals surface area contributed by atoms with Crippen LogP contribution < -0.4 is 10.1 Å². The molecule has 1 amide bonds. The van der Waals surface area contributed by atoms with Gasteiger partial charge < -0.3 is 24.8 Å². The predicted octanol–water partition coefficient (Wildman–Crippen LogP) is 1.72. The molecule has 136 valence electrons. The molecule has 1 heterocycles. The van der Waals surface area contributed by atoms with Gasteiger partial charge in [-0.1, -0.05) is 15.9 Å². The van der Waals surface area contributed by atoms with E-state index >= 15 is 0 Å². The van der Waals surface area contributed by atoms with Gasteiger partial charge in [-0.25, -0.2) is 4.79 Å². The molecule has 0 aromatic heterocycles. The number of hydrogen-bond donors (Lipinski definition) is 2. The van der Waals surface area contributed by atoms with Crippen molar-refractivity contribution in [2.24, 2.45) is 0 Å². The molecule has 1 aliphatic rings. The van der Waals surface area contributed by atoms with E-state index in [1.165, 1.54) is 17.0 Å². The normalized spacial score (nSPS) is 14.3. The van der Waals surface area contributed by atoms with Crippen LogP contribution in [0.3, 0.4) is 0 Å². The summed E-state index contributed by atoms with van der Waals surface area (Å²) in [6, 6.07) is 4.29. The number of alkyl halides is 2. The summed E-state index contributed by atoms with van der Waals surface area (Å²) < 4.78 is 34.8. The number of carbonyl (C=O) groups is 2. The van der Waals surface area contributed by atoms with Crippen LogP contribution in [0, 0.1) is 0 Å². The van der Waals surface area contributed by atoms with Crippen molar-refractivity contribution >= 4 is 33.5 Å². The van der Waals surface area contributed by atoms with E-state index in [1.54, 1.807) is 6.07 Å². The monoisotopic (exact) mass is 420 g/mol. The summed E-state index contributed by atoms with van der Waals surface area (Å²) in [4.78, 5) is 25.6. The maximum atomic E-state index is 12.6. The molecule has 0 atom stereocenters. The molecule has 2 rings (SSSR count). The molecule has 0 fully saturated rings. The third-order valence-electron chi connectivity index (χ3n) is 3.37. The first-order chi connectivity index (χ1) is 11.9. The van der Waals surface area contributed by atoms with Crippen LogP contribution in [0.2, 0.25) is 0 Å². The van der Waals surface area contributed by atoms with Gasteiger partial charge in [0.05, 0.1) is 31.5 Å². The van der Waals surface area contributed by atoms with Crippen LogP contribution in [-0.4, -0.2) is 55.3 Å². The Morgan fingerprint density at radius 1 is 1.48 bits per heavy atom. The fourth-order valence-corrected chi connectivity index (χ4v) is 2.62. The third kappa shape index (κ3) is 4.45. The summed E-state index contributed by atoms with van der Waals surface area (Å²) in [5.74, 6) is -1.49. The van der Waals surface area contributed by atoms with Gasteiger partial charge in [-0.05, 0) is 18.2 Å². The Balaban J connectivity index is 2.38. The fourth-order valence-electron chi connectivity index (χ4n) is 2.28. The number of rotatable bonds is 7. The van der Waals surface area contributed by atoms with Crippen molar-refractivity contribution in [3.8, 4) is 5.75 Å². The van der Waals surface area contributed by atoms with Gasteiger partial charge in [-0.3, -0.25) is 4.79 Å². The average Bonchev–Trinajstić information content (AvgIpc) is 2.86. The lowest BCUT2D eigenvalue weighted by atomic mass is 10.2. The molecule has 2 N–H and O–H groups in total. The molecule has 7 nitrogen and oxygen atoms in total. The molecule has 25 heavy (non-hydrogen) atoms. The van der Waals surface area contributed by atoms with Crippen LogP contribution in [0.4, 0.5) is 14.5 Å². The number of anilines is 1. The zero-order valence-corrected chi connectivity index (χ0v) is 14.7. The first-order valence-electron chi connectivity index (χ1n) is 7.10. The Labute approximate surface area is 150 Å². The van der Waals surface area contributed by atoms with Crippen LogP contribution in [0.25, 0.3) is 0 Å². The summed E-state index contributed by atoms with van der Waals surface area (Å²) in [7, 11) is 1.16. The van der Waals surface area contributed by atoms with Gasteiger partial charge in [0.2, 0.25) is 0 Å². The molecule has 0 saturated heterocycles. The number of carbonyl (C=O) groups excluding carboxylic acids is 2. The van der Waals surface area contributed by atoms with E-state index in [0.29, 0.717) is 4.47 Å². The van der Waals surface area contributed by atoms with Crippen LogP contribution in [0.1, 0.15) is 0 Å². The highest BCUT2D eigenvalue weighted by Gasteiger charge is 2.34. The summed E-state index contributed by atoms with van der Waals surface area (Å²) in [5, 5.41) is 11.7. The molecular weight excluding hydrogens is 406 g/mol. The van der Waals surface area contributed by atoms with Crippen LogP contribution in [-0.2, 0) is 14.3 Å². The Bertz CT molecular complexity index is 711. The molecule has 0 bridgehead atoms. The van der Waals surface area contributed by atoms with Crippen molar-refractivity contribution in [3.05, 3.63) is 33.9 Å². The van der Waals surface area contributed by atoms with Gasteiger partial charge in [-0.15, -0.1) is 0 Å². The van der Waals surface area contributed by atoms with Crippen molar-refractivity contribution in [2.45, 2.75) is 6.61 Å². The number of nitrogens with zero attached hydrogens (tertiary/aromatic N) is 1. The minimum Gasteiger partial charge on any atom is -0.466 e. The molecule has 1 aromatic carbocycles. The maximum absolute atomic E-state index is 12.6. The number of esters is 1. The summed E-state index contributed by atoms with van der Waals surface area (Å²) in [6.45, 7) is -3.39. The van der Waals surface area contributed by atoms with E-state index < -0.39 is 18.5 Å². The van der Waals surface area contributed by atoms with Crippen molar-refractivity contribution in [2.75, 3.05) is 32.1 Å². The number of aliphatic hydroxyl groups excluding tert-OH is 1. The molecule has 1 aromatic rings. The van der Waals surface area contributed by atoms with E-state index in [9.17, 15) is 18.4 Å². The molecule has 0 unspecified atom stereocenters. The standard InChI is InChI=1S/C15H15BrF2N2O5/c1-24-14(23)9-7-20(4-5-21)13(22)12(9)19-10-3-2-8(16)6-11(10)25-15(17)18/h2-3,6,15,19,21H,4-5,7H2,1H3. The number of methoxy groups -OCH3 is 1. The minimum atomic E-state index is -3.06.